The predicted octanol–water partition coefficient (Wildman–Crippen LogP) is 4.74. The van der Waals surface area contributed by atoms with Gasteiger partial charge in [-0.25, -0.2) is 4.79 Å². The van der Waals surface area contributed by atoms with Crippen LogP contribution in [0.4, 0.5) is 0 Å². The minimum absolute atomic E-state index is 0.00589. The van der Waals surface area contributed by atoms with Crippen LogP contribution in [0.1, 0.15) is 103 Å². The Balaban J connectivity index is 2.75. The summed E-state index contributed by atoms with van der Waals surface area (Å²) in [4.78, 5) is 36.1. The van der Waals surface area contributed by atoms with Crippen LogP contribution in [0.15, 0.2) is 0 Å². The zero-order chi connectivity index (χ0) is 19.3. The van der Waals surface area contributed by atoms with Gasteiger partial charge < -0.3 is 14.6 Å². The van der Waals surface area contributed by atoms with Crippen molar-refractivity contribution in [3.63, 3.8) is 0 Å². The van der Waals surface area contributed by atoms with Gasteiger partial charge in [0, 0.05) is 19.3 Å². The molecule has 150 valence electrons. The zero-order valence-corrected chi connectivity index (χ0v) is 16.1. The maximum atomic E-state index is 12.1. The molecule has 0 spiro atoms. The second kappa shape index (κ2) is 12.7. The Morgan fingerprint density at radius 1 is 0.846 bits per heavy atom. The van der Waals surface area contributed by atoms with Crippen molar-refractivity contribution in [1.29, 1.82) is 0 Å². The van der Waals surface area contributed by atoms with Gasteiger partial charge in [0.15, 0.2) is 0 Å². The minimum Gasteiger partial charge on any atom is -0.475 e. The van der Waals surface area contributed by atoms with E-state index in [1.807, 2.05) is 0 Å². The van der Waals surface area contributed by atoms with Gasteiger partial charge >= 0.3 is 23.7 Å². The molecule has 0 bridgehead atoms. The lowest BCUT2D eigenvalue weighted by Gasteiger charge is -2.29. The largest absolute Gasteiger partial charge is 0.475 e. The molecule has 1 heterocycles. The number of carbonyl (C=O) groups excluding carboxylic acids is 2. The summed E-state index contributed by atoms with van der Waals surface area (Å²) in [5.41, 5.74) is 0. The molecule has 1 aliphatic rings. The van der Waals surface area contributed by atoms with Crippen LogP contribution in [0.25, 0.3) is 0 Å². The molecule has 1 rings (SSSR count). The highest BCUT2D eigenvalue weighted by atomic mass is 16.7. The van der Waals surface area contributed by atoms with E-state index in [-0.39, 0.29) is 19.3 Å². The van der Waals surface area contributed by atoms with Crippen LogP contribution in [-0.4, -0.2) is 28.8 Å². The predicted molar refractivity (Wildman–Crippen MR) is 97.5 cm³/mol. The quantitative estimate of drug-likeness (QED) is 0.490. The second-order valence-corrected chi connectivity index (χ2v) is 7.15. The summed E-state index contributed by atoms with van der Waals surface area (Å²) in [6.07, 6.45) is 11.2. The van der Waals surface area contributed by atoms with Gasteiger partial charge in [0.25, 0.3) is 0 Å². The Morgan fingerprint density at radius 2 is 1.31 bits per heavy atom. The molecular formula is C20H34O6. The summed E-state index contributed by atoms with van der Waals surface area (Å²) in [5.74, 6) is -4.79. The number of carboxylic acids is 1. The Labute approximate surface area is 156 Å². The van der Waals surface area contributed by atoms with Crippen LogP contribution in [0.3, 0.4) is 0 Å². The Kier molecular flexibility index (Phi) is 11.0. The van der Waals surface area contributed by atoms with Crippen LogP contribution >= 0.6 is 0 Å². The molecule has 6 heteroatoms. The Bertz CT molecular complexity index is 422. The summed E-state index contributed by atoms with van der Waals surface area (Å²) in [6.45, 7) is 2.13. The first-order valence-corrected chi connectivity index (χ1v) is 10.2. The molecule has 0 atom stereocenters. The van der Waals surface area contributed by atoms with Crippen LogP contribution in [-0.2, 0) is 23.9 Å². The number of aliphatic carboxylic acids is 1. The van der Waals surface area contributed by atoms with E-state index in [9.17, 15) is 19.5 Å². The third-order valence-corrected chi connectivity index (χ3v) is 4.75. The molecule has 0 unspecified atom stereocenters. The molecule has 0 aromatic carbocycles. The molecular weight excluding hydrogens is 336 g/mol. The van der Waals surface area contributed by atoms with Crippen molar-refractivity contribution in [2.24, 2.45) is 0 Å². The van der Waals surface area contributed by atoms with Crippen molar-refractivity contribution < 1.29 is 29.0 Å². The first-order chi connectivity index (χ1) is 12.5. The minimum atomic E-state index is -2.17. The van der Waals surface area contributed by atoms with Crippen LogP contribution < -0.4 is 0 Å². The summed E-state index contributed by atoms with van der Waals surface area (Å²) in [6, 6.07) is 0. The van der Waals surface area contributed by atoms with E-state index in [1.54, 1.807) is 0 Å². The third kappa shape index (κ3) is 8.68. The van der Waals surface area contributed by atoms with E-state index >= 15 is 0 Å². The SMILES string of the molecule is CCCCCCCCC1(C(=O)O)OC(=O)CCCCCCCCC(=O)O1. The van der Waals surface area contributed by atoms with Crippen LogP contribution in [0, 0.1) is 0 Å². The molecule has 26 heavy (non-hydrogen) atoms. The fourth-order valence-corrected chi connectivity index (χ4v) is 3.17. The maximum absolute atomic E-state index is 12.1. The lowest BCUT2D eigenvalue weighted by molar-refractivity contribution is -0.239. The van der Waals surface area contributed by atoms with Gasteiger partial charge in [-0.05, 0) is 19.3 Å². The first-order valence-electron chi connectivity index (χ1n) is 10.2. The molecule has 1 saturated heterocycles. The molecule has 0 radical (unpaired) electrons. The zero-order valence-electron chi connectivity index (χ0n) is 16.1. The summed E-state index contributed by atoms with van der Waals surface area (Å²) >= 11 is 0. The Morgan fingerprint density at radius 3 is 1.81 bits per heavy atom. The summed E-state index contributed by atoms with van der Waals surface area (Å²) in [7, 11) is 0. The summed E-state index contributed by atoms with van der Waals surface area (Å²) in [5, 5.41) is 9.67. The van der Waals surface area contributed by atoms with Gasteiger partial charge in [-0.15, -0.1) is 0 Å². The van der Waals surface area contributed by atoms with Gasteiger partial charge in [-0.1, -0.05) is 64.7 Å². The molecule has 1 fully saturated rings. The fraction of sp³-hybridized carbons (Fsp3) is 0.850. The third-order valence-electron chi connectivity index (χ3n) is 4.75. The van der Waals surface area contributed by atoms with Crippen molar-refractivity contribution in [2.75, 3.05) is 0 Å². The maximum Gasteiger partial charge on any atom is 0.390 e. The second-order valence-electron chi connectivity index (χ2n) is 7.15. The molecule has 0 amide bonds. The fourth-order valence-electron chi connectivity index (χ4n) is 3.17. The van der Waals surface area contributed by atoms with Crippen molar-refractivity contribution in [3.8, 4) is 0 Å². The van der Waals surface area contributed by atoms with E-state index in [0.717, 1.165) is 57.8 Å². The van der Waals surface area contributed by atoms with Gasteiger partial charge in [0.2, 0.25) is 0 Å². The highest BCUT2D eigenvalue weighted by Crippen LogP contribution is 2.26. The number of ether oxygens (including phenoxy) is 2. The van der Waals surface area contributed by atoms with Crippen molar-refractivity contribution in [3.05, 3.63) is 0 Å². The Hall–Kier alpha value is -1.59. The molecule has 1 N–H and O–H groups in total. The number of cyclic esters (lactones) is 2. The molecule has 0 aliphatic carbocycles. The van der Waals surface area contributed by atoms with E-state index in [2.05, 4.69) is 6.92 Å². The van der Waals surface area contributed by atoms with E-state index in [4.69, 9.17) is 9.47 Å². The van der Waals surface area contributed by atoms with Gasteiger partial charge in [0.1, 0.15) is 0 Å². The topological polar surface area (TPSA) is 89.9 Å². The monoisotopic (exact) mass is 370 g/mol. The number of esters is 2. The number of unbranched alkanes of at least 4 members (excludes halogenated alkanes) is 5. The molecule has 1 aliphatic heterocycles. The van der Waals surface area contributed by atoms with Gasteiger partial charge in [-0.2, -0.15) is 0 Å². The van der Waals surface area contributed by atoms with Gasteiger partial charge in [0.05, 0.1) is 0 Å². The smallest absolute Gasteiger partial charge is 0.390 e. The average molecular weight is 370 g/mol. The number of hydrogen-bond donors (Lipinski definition) is 1. The molecule has 6 nitrogen and oxygen atoms in total. The van der Waals surface area contributed by atoms with Crippen LogP contribution in [0.2, 0.25) is 0 Å². The lowest BCUT2D eigenvalue weighted by atomic mass is 10.0. The number of rotatable bonds is 8. The average Bonchev–Trinajstić information content (AvgIpc) is 2.60. The number of carbonyl (C=O) groups is 3. The molecule has 0 saturated carbocycles. The highest BCUT2D eigenvalue weighted by molar-refractivity contribution is 5.83. The van der Waals surface area contributed by atoms with Crippen LogP contribution in [0.5, 0.6) is 0 Å². The first kappa shape index (κ1) is 22.5. The van der Waals surface area contributed by atoms with Crippen molar-refractivity contribution >= 4 is 17.9 Å². The number of carboxylic acid groups (broad SMARTS) is 1. The molecule has 0 aromatic rings. The van der Waals surface area contributed by atoms with E-state index < -0.39 is 23.7 Å². The van der Waals surface area contributed by atoms with Crippen molar-refractivity contribution in [1.82, 2.24) is 0 Å². The van der Waals surface area contributed by atoms with E-state index in [1.165, 1.54) is 0 Å². The molecule has 0 aromatic heterocycles. The highest BCUT2D eigenvalue weighted by Gasteiger charge is 2.46. The van der Waals surface area contributed by atoms with Gasteiger partial charge in [-0.3, -0.25) is 9.59 Å². The summed E-state index contributed by atoms with van der Waals surface area (Å²) < 4.78 is 10.5. The lowest BCUT2D eigenvalue weighted by Crippen LogP contribution is -2.47. The standard InChI is InChI=1S/C20H34O6/c1-2-3-4-5-10-13-16-20(19(23)24)25-17(21)14-11-8-6-7-9-12-15-18(22)26-20/h2-16H2,1H3,(H,23,24). The normalized spacial score (nSPS) is 19.4. The van der Waals surface area contributed by atoms with Crippen molar-refractivity contribution in [2.45, 2.75) is 109 Å². The number of hydrogen-bond acceptors (Lipinski definition) is 5. The van der Waals surface area contributed by atoms with E-state index in [0.29, 0.717) is 19.3 Å².